The van der Waals surface area contributed by atoms with Crippen LogP contribution in [0.1, 0.15) is 47.1 Å². The molecule has 2 heterocycles. The highest BCUT2D eigenvalue weighted by molar-refractivity contribution is 6.01. The fourth-order valence-corrected chi connectivity index (χ4v) is 5.20. The Bertz CT molecular complexity index is 1010. The van der Waals surface area contributed by atoms with E-state index in [1.807, 2.05) is 20.0 Å². The molecule has 0 spiro atoms. The molecule has 4 atom stereocenters. The molecule has 2 unspecified atom stereocenters. The molecule has 0 bridgehead atoms. The summed E-state index contributed by atoms with van der Waals surface area (Å²) in [6, 6.07) is 9.62. The lowest BCUT2D eigenvalue weighted by Gasteiger charge is -2.28. The molecule has 1 saturated heterocycles. The lowest BCUT2D eigenvalue weighted by molar-refractivity contribution is -0.119. The molecule has 1 amide bonds. The number of anilines is 1. The molecule has 2 aromatic carbocycles. The molecule has 1 aliphatic carbocycles. The van der Waals surface area contributed by atoms with E-state index in [0.29, 0.717) is 12.5 Å². The zero-order valence-corrected chi connectivity index (χ0v) is 17.7. The summed E-state index contributed by atoms with van der Waals surface area (Å²) in [6.45, 7) is 3.52. The number of halogens is 1. The first kappa shape index (κ1) is 19.5. The third kappa shape index (κ3) is 3.19. The van der Waals surface area contributed by atoms with E-state index in [4.69, 9.17) is 4.74 Å². The van der Waals surface area contributed by atoms with Crippen LogP contribution in [0.15, 0.2) is 30.3 Å². The summed E-state index contributed by atoms with van der Waals surface area (Å²) < 4.78 is 19.2. The normalized spacial score (nSPS) is 27.1. The molecule has 3 aliphatic rings. The molecule has 2 fully saturated rings. The summed E-state index contributed by atoms with van der Waals surface area (Å²) in [5.74, 6) is 1.40. The first-order chi connectivity index (χ1) is 14.5. The molecular weight excluding hydrogens is 381 g/mol. The highest BCUT2D eigenvalue weighted by atomic mass is 19.1. The van der Waals surface area contributed by atoms with E-state index < -0.39 is 0 Å². The van der Waals surface area contributed by atoms with Crippen molar-refractivity contribution >= 4 is 11.6 Å². The molecule has 5 rings (SSSR count). The summed E-state index contributed by atoms with van der Waals surface area (Å²) in [5.41, 5.74) is 5.38. The predicted molar refractivity (Wildman–Crippen MR) is 114 cm³/mol. The van der Waals surface area contributed by atoms with Gasteiger partial charge in [-0.15, -0.1) is 0 Å². The van der Waals surface area contributed by atoms with E-state index in [2.05, 4.69) is 22.8 Å². The van der Waals surface area contributed by atoms with Crippen LogP contribution in [-0.2, 0) is 11.3 Å². The van der Waals surface area contributed by atoms with Crippen molar-refractivity contribution in [3.8, 4) is 5.75 Å². The highest BCUT2D eigenvalue weighted by Crippen LogP contribution is 2.56. The molecule has 2 aliphatic heterocycles. The van der Waals surface area contributed by atoms with Gasteiger partial charge in [-0.3, -0.25) is 4.79 Å². The summed E-state index contributed by atoms with van der Waals surface area (Å²) >= 11 is 0. The Balaban J connectivity index is 1.38. The number of benzene rings is 2. The van der Waals surface area contributed by atoms with Crippen molar-refractivity contribution in [2.24, 2.45) is 5.92 Å². The van der Waals surface area contributed by atoms with Crippen LogP contribution in [0.25, 0.3) is 0 Å². The van der Waals surface area contributed by atoms with Gasteiger partial charge >= 0.3 is 0 Å². The molecule has 5 nitrogen and oxygen atoms in total. The maximum Gasteiger partial charge on any atom is 0.230 e. The smallest absolute Gasteiger partial charge is 0.230 e. The Hall–Kier alpha value is -2.44. The van der Waals surface area contributed by atoms with Gasteiger partial charge in [-0.2, -0.15) is 0 Å². The zero-order valence-electron chi connectivity index (χ0n) is 17.7. The van der Waals surface area contributed by atoms with E-state index in [-0.39, 0.29) is 29.7 Å². The van der Waals surface area contributed by atoms with Crippen molar-refractivity contribution in [1.82, 2.24) is 10.6 Å². The van der Waals surface area contributed by atoms with Gasteiger partial charge in [-0.25, -0.2) is 4.39 Å². The molecule has 2 aromatic rings. The van der Waals surface area contributed by atoms with Crippen LogP contribution >= 0.6 is 0 Å². The topological polar surface area (TPSA) is 53.6 Å². The van der Waals surface area contributed by atoms with Gasteiger partial charge in [0, 0.05) is 42.8 Å². The first-order valence-corrected chi connectivity index (χ1v) is 10.7. The Kier molecular flexibility index (Phi) is 4.79. The SMILES string of the molecule is COc1cc2c(cc1CNC1CCNC1c1ccc(F)cc1C)N(C)C(=O)[C@@H]1C[C@@H]21. The molecule has 2 N–H and O–H groups in total. The first-order valence-electron chi connectivity index (χ1n) is 10.7. The fourth-order valence-electron chi connectivity index (χ4n) is 5.20. The Labute approximate surface area is 176 Å². The quantitative estimate of drug-likeness (QED) is 0.795. The molecule has 0 radical (unpaired) electrons. The van der Waals surface area contributed by atoms with Crippen molar-refractivity contribution in [2.75, 3.05) is 25.6 Å². The van der Waals surface area contributed by atoms with Gasteiger partial charge in [0.05, 0.1) is 7.11 Å². The number of ether oxygens (including phenoxy) is 1. The van der Waals surface area contributed by atoms with Crippen LogP contribution < -0.4 is 20.3 Å². The second kappa shape index (κ2) is 7.36. The Morgan fingerprint density at radius 2 is 2.07 bits per heavy atom. The van der Waals surface area contributed by atoms with Crippen molar-refractivity contribution < 1.29 is 13.9 Å². The van der Waals surface area contributed by atoms with Crippen LogP contribution in [0.3, 0.4) is 0 Å². The zero-order chi connectivity index (χ0) is 21.0. The van der Waals surface area contributed by atoms with Crippen LogP contribution in [-0.4, -0.2) is 32.7 Å². The number of amides is 1. The van der Waals surface area contributed by atoms with Gasteiger partial charge in [0.1, 0.15) is 11.6 Å². The fraction of sp³-hybridized carbons (Fsp3) is 0.458. The number of carbonyl (C=O) groups excluding carboxylic acids is 1. The number of nitrogens with one attached hydrogen (secondary N) is 2. The van der Waals surface area contributed by atoms with Gasteiger partial charge in [0.2, 0.25) is 5.91 Å². The summed E-state index contributed by atoms with van der Waals surface area (Å²) in [7, 11) is 3.57. The third-order valence-corrected chi connectivity index (χ3v) is 6.97. The number of methoxy groups -OCH3 is 1. The average molecular weight is 410 g/mol. The lowest BCUT2D eigenvalue weighted by Crippen LogP contribution is -2.35. The van der Waals surface area contributed by atoms with E-state index in [9.17, 15) is 9.18 Å². The van der Waals surface area contributed by atoms with Crippen LogP contribution in [0, 0.1) is 18.7 Å². The Morgan fingerprint density at radius 1 is 1.23 bits per heavy atom. The van der Waals surface area contributed by atoms with E-state index in [1.165, 1.54) is 11.6 Å². The highest BCUT2D eigenvalue weighted by Gasteiger charge is 2.50. The van der Waals surface area contributed by atoms with Crippen molar-refractivity contribution in [2.45, 2.75) is 44.3 Å². The van der Waals surface area contributed by atoms with Crippen molar-refractivity contribution in [3.63, 3.8) is 0 Å². The number of rotatable bonds is 5. The monoisotopic (exact) mass is 409 g/mol. The molecule has 1 saturated carbocycles. The molecule has 158 valence electrons. The second-order valence-corrected chi connectivity index (χ2v) is 8.78. The van der Waals surface area contributed by atoms with E-state index in [0.717, 1.165) is 47.5 Å². The number of nitrogens with zero attached hydrogens (tertiary/aromatic N) is 1. The van der Waals surface area contributed by atoms with Gasteiger partial charge < -0.3 is 20.3 Å². The van der Waals surface area contributed by atoms with Crippen molar-refractivity contribution in [3.05, 3.63) is 58.4 Å². The number of hydrogen-bond acceptors (Lipinski definition) is 4. The number of hydrogen-bond donors (Lipinski definition) is 2. The second-order valence-electron chi connectivity index (χ2n) is 8.78. The summed E-state index contributed by atoms with van der Waals surface area (Å²) in [6.07, 6.45) is 1.94. The lowest BCUT2D eigenvalue weighted by atomic mass is 9.95. The molecular formula is C24H28FN3O2. The minimum absolute atomic E-state index is 0.144. The van der Waals surface area contributed by atoms with Gasteiger partial charge in [0.25, 0.3) is 0 Å². The minimum Gasteiger partial charge on any atom is -0.496 e. The predicted octanol–water partition coefficient (Wildman–Crippen LogP) is 3.42. The van der Waals surface area contributed by atoms with Crippen LogP contribution in [0.5, 0.6) is 5.75 Å². The summed E-state index contributed by atoms with van der Waals surface area (Å²) in [4.78, 5) is 14.3. The summed E-state index contributed by atoms with van der Waals surface area (Å²) in [5, 5.41) is 7.23. The van der Waals surface area contributed by atoms with Gasteiger partial charge in [0.15, 0.2) is 0 Å². The number of carbonyl (C=O) groups is 1. The Morgan fingerprint density at radius 3 is 2.83 bits per heavy atom. The number of aryl methyl sites for hydroxylation is 1. The van der Waals surface area contributed by atoms with Crippen LogP contribution in [0.4, 0.5) is 10.1 Å². The van der Waals surface area contributed by atoms with Gasteiger partial charge in [-0.1, -0.05) is 6.07 Å². The average Bonchev–Trinajstić information content (AvgIpc) is 3.41. The van der Waals surface area contributed by atoms with Gasteiger partial charge in [-0.05, 0) is 73.2 Å². The largest absolute Gasteiger partial charge is 0.496 e. The molecule has 0 aromatic heterocycles. The molecule has 6 heteroatoms. The third-order valence-electron chi connectivity index (χ3n) is 6.97. The van der Waals surface area contributed by atoms with E-state index in [1.54, 1.807) is 18.1 Å². The minimum atomic E-state index is -0.200. The van der Waals surface area contributed by atoms with E-state index >= 15 is 0 Å². The number of fused-ring (bicyclic) bond motifs is 3. The standard InChI is InChI=1S/C24H28FN3O2/c1-13-8-15(25)4-5-16(13)23-20(6-7-26-23)27-12-14-9-21-18(11-22(14)30-3)17-10-19(17)24(29)28(21)2/h4-5,8-9,11,17,19-20,23,26-27H,6-7,10,12H2,1-3H3/t17-,19+,20?,23?/m0/s1. The maximum absolute atomic E-state index is 13.5. The molecule has 30 heavy (non-hydrogen) atoms. The van der Waals surface area contributed by atoms with Crippen molar-refractivity contribution in [1.29, 1.82) is 0 Å². The van der Waals surface area contributed by atoms with Crippen LogP contribution in [0.2, 0.25) is 0 Å². The maximum atomic E-state index is 13.5.